The Kier molecular flexibility index (Phi) is 2.86. The Hall–Kier alpha value is -1.35. The lowest BCUT2D eigenvalue weighted by molar-refractivity contribution is 0.0781. The van der Waals surface area contributed by atoms with Crippen molar-refractivity contribution >= 4 is 5.91 Å². The molecule has 18 heavy (non-hydrogen) atoms. The molecule has 2 fully saturated rings. The third-order valence-corrected chi connectivity index (χ3v) is 4.15. The number of hydrogen-bond acceptors (Lipinski definition) is 2. The molecule has 0 aliphatic carbocycles. The Balaban J connectivity index is 1.78. The van der Waals surface area contributed by atoms with Gasteiger partial charge in [-0.1, -0.05) is 17.2 Å². The molecule has 3 rings (SSSR count). The van der Waals surface area contributed by atoms with E-state index in [2.05, 4.69) is 11.4 Å². The molecule has 0 saturated carbocycles. The molecule has 2 saturated heterocycles. The molecule has 0 bridgehead atoms. The van der Waals surface area contributed by atoms with Crippen molar-refractivity contribution < 1.29 is 4.79 Å². The smallest absolute Gasteiger partial charge is 0.253 e. The third-order valence-electron chi connectivity index (χ3n) is 4.15. The first kappa shape index (κ1) is 11.7. The highest BCUT2D eigenvalue weighted by molar-refractivity contribution is 5.94. The minimum Gasteiger partial charge on any atom is -0.338 e. The number of carbonyl (C=O) groups is 1. The summed E-state index contributed by atoms with van der Waals surface area (Å²) >= 11 is 0. The van der Waals surface area contributed by atoms with Gasteiger partial charge >= 0.3 is 0 Å². The fourth-order valence-electron chi connectivity index (χ4n) is 3.30. The highest BCUT2D eigenvalue weighted by Crippen LogP contribution is 2.27. The van der Waals surface area contributed by atoms with Gasteiger partial charge in [0.25, 0.3) is 5.91 Å². The van der Waals surface area contributed by atoms with Gasteiger partial charge in [0.1, 0.15) is 0 Å². The largest absolute Gasteiger partial charge is 0.338 e. The second-order valence-electron chi connectivity index (χ2n) is 5.76. The number of likely N-dealkylation sites (tertiary alicyclic amines) is 1. The van der Waals surface area contributed by atoms with Gasteiger partial charge in [0, 0.05) is 31.7 Å². The number of rotatable bonds is 1. The van der Waals surface area contributed by atoms with Gasteiger partial charge in [-0.3, -0.25) is 4.79 Å². The van der Waals surface area contributed by atoms with Crippen molar-refractivity contribution in [2.75, 3.05) is 26.2 Å². The maximum atomic E-state index is 12.5. The summed E-state index contributed by atoms with van der Waals surface area (Å²) in [7, 11) is 0. The average molecular weight is 244 g/mol. The van der Waals surface area contributed by atoms with Crippen molar-refractivity contribution in [3.8, 4) is 0 Å². The molecular formula is C15H20N2O. The van der Waals surface area contributed by atoms with E-state index in [4.69, 9.17) is 0 Å². The fourth-order valence-corrected chi connectivity index (χ4v) is 3.30. The summed E-state index contributed by atoms with van der Waals surface area (Å²) in [6, 6.07) is 6.11. The molecule has 96 valence electrons. The zero-order valence-electron chi connectivity index (χ0n) is 11.1. The molecule has 0 radical (unpaired) electrons. The van der Waals surface area contributed by atoms with E-state index in [9.17, 15) is 4.79 Å². The molecule has 1 amide bonds. The summed E-state index contributed by atoms with van der Waals surface area (Å²) in [6.07, 6.45) is 0. The van der Waals surface area contributed by atoms with Crippen molar-refractivity contribution in [3.05, 3.63) is 34.9 Å². The van der Waals surface area contributed by atoms with Crippen LogP contribution in [-0.2, 0) is 0 Å². The molecule has 0 aromatic heterocycles. The van der Waals surface area contributed by atoms with Gasteiger partial charge in [-0.2, -0.15) is 0 Å². The highest BCUT2D eigenvalue weighted by Gasteiger charge is 2.38. The van der Waals surface area contributed by atoms with Crippen molar-refractivity contribution in [3.63, 3.8) is 0 Å². The maximum absolute atomic E-state index is 12.5. The molecule has 2 atom stereocenters. The number of aryl methyl sites for hydroxylation is 2. The average Bonchev–Trinajstić information content (AvgIpc) is 2.86. The van der Waals surface area contributed by atoms with Gasteiger partial charge in [0.15, 0.2) is 0 Å². The predicted octanol–water partition coefficient (Wildman–Crippen LogP) is 1.59. The van der Waals surface area contributed by atoms with Crippen LogP contribution in [0.2, 0.25) is 0 Å². The van der Waals surface area contributed by atoms with Crippen LogP contribution < -0.4 is 5.32 Å². The summed E-state index contributed by atoms with van der Waals surface area (Å²) in [4.78, 5) is 14.5. The molecule has 1 aromatic rings. The third kappa shape index (κ3) is 2.03. The molecule has 2 unspecified atom stereocenters. The Morgan fingerprint density at radius 3 is 2.22 bits per heavy atom. The summed E-state index contributed by atoms with van der Waals surface area (Å²) in [5.74, 6) is 1.54. The zero-order valence-corrected chi connectivity index (χ0v) is 11.1. The van der Waals surface area contributed by atoms with E-state index in [-0.39, 0.29) is 5.91 Å². The topological polar surface area (TPSA) is 32.3 Å². The first-order chi connectivity index (χ1) is 8.63. The normalized spacial score (nSPS) is 26.4. The molecule has 1 aromatic carbocycles. The summed E-state index contributed by atoms with van der Waals surface area (Å²) in [5.41, 5.74) is 3.18. The Bertz CT molecular complexity index is 451. The second kappa shape index (κ2) is 4.39. The molecule has 3 heteroatoms. The van der Waals surface area contributed by atoms with E-state index in [1.54, 1.807) is 0 Å². The van der Waals surface area contributed by atoms with Gasteiger partial charge < -0.3 is 10.2 Å². The minimum atomic E-state index is 0.205. The lowest BCUT2D eigenvalue weighted by Crippen LogP contribution is -2.31. The molecule has 2 heterocycles. The van der Waals surface area contributed by atoms with Crippen molar-refractivity contribution in [2.45, 2.75) is 13.8 Å². The summed E-state index contributed by atoms with van der Waals surface area (Å²) in [6.45, 7) is 8.08. The Morgan fingerprint density at radius 1 is 1.11 bits per heavy atom. The van der Waals surface area contributed by atoms with E-state index in [1.807, 2.05) is 30.9 Å². The zero-order chi connectivity index (χ0) is 12.7. The van der Waals surface area contributed by atoms with Crippen LogP contribution in [0.1, 0.15) is 21.5 Å². The number of carbonyl (C=O) groups excluding carboxylic acids is 1. The van der Waals surface area contributed by atoms with Crippen molar-refractivity contribution in [2.24, 2.45) is 11.8 Å². The fraction of sp³-hybridized carbons (Fsp3) is 0.533. The quantitative estimate of drug-likeness (QED) is 0.813. The molecule has 2 aliphatic heterocycles. The van der Waals surface area contributed by atoms with E-state index in [0.29, 0.717) is 11.8 Å². The van der Waals surface area contributed by atoms with Crippen LogP contribution in [0.4, 0.5) is 0 Å². The van der Waals surface area contributed by atoms with E-state index >= 15 is 0 Å². The van der Waals surface area contributed by atoms with Crippen LogP contribution in [0.5, 0.6) is 0 Å². The van der Waals surface area contributed by atoms with Gasteiger partial charge in [0.2, 0.25) is 0 Å². The SMILES string of the molecule is Cc1cc(C)cc(C(=O)N2CC3CNCC3C2)c1. The van der Waals surface area contributed by atoms with Crippen LogP contribution in [0.15, 0.2) is 18.2 Å². The molecule has 3 nitrogen and oxygen atoms in total. The number of fused-ring (bicyclic) bond motifs is 1. The van der Waals surface area contributed by atoms with Gasteiger partial charge in [-0.25, -0.2) is 0 Å². The van der Waals surface area contributed by atoms with Crippen LogP contribution in [0.3, 0.4) is 0 Å². The number of hydrogen-bond donors (Lipinski definition) is 1. The van der Waals surface area contributed by atoms with Crippen LogP contribution >= 0.6 is 0 Å². The Morgan fingerprint density at radius 2 is 1.67 bits per heavy atom. The summed E-state index contributed by atoms with van der Waals surface area (Å²) < 4.78 is 0. The standard InChI is InChI=1S/C15H20N2O/c1-10-3-11(2)5-12(4-10)15(18)17-8-13-6-16-7-14(13)9-17/h3-5,13-14,16H,6-9H2,1-2H3. The number of nitrogens with one attached hydrogen (secondary N) is 1. The van der Waals surface area contributed by atoms with Crippen molar-refractivity contribution in [1.29, 1.82) is 0 Å². The molecule has 2 aliphatic rings. The Labute approximate surface area is 108 Å². The molecule has 0 spiro atoms. The van der Waals surface area contributed by atoms with Crippen LogP contribution in [0, 0.1) is 25.7 Å². The van der Waals surface area contributed by atoms with Crippen molar-refractivity contribution in [1.82, 2.24) is 10.2 Å². The van der Waals surface area contributed by atoms with Gasteiger partial charge in [-0.15, -0.1) is 0 Å². The van der Waals surface area contributed by atoms with Gasteiger partial charge in [0.05, 0.1) is 0 Å². The van der Waals surface area contributed by atoms with E-state index < -0.39 is 0 Å². The minimum absolute atomic E-state index is 0.205. The highest BCUT2D eigenvalue weighted by atomic mass is 16.2. The monoisotopic (exact) mass is 244 g/mol. The molecular weight excluding hydrogens is 224 g/mol. The number of amides is 1. The second-order valence-corrected chi connectivity index (χ2v) is 5.76. The molecule has 1 N–H and O–H groups in total. The summed E-state index contributed by atoms with van der Waals surface area (Å²) in [5, 5.41) is 3.40. The van der Waals surface area contributed by atoms with E-state index in [0.717, 1.165) is 31.7 Å². The first-order valence-electron chi connectivity index (χ1n) is 6.72. The van der Waals surface area contributed by atoms with Gasteiger partial charge in [-0.05, 0) is 37.8 Å². The lowest BCUT2D eigenvalue weighted by Gasteiger charge is -2.18. The van der Waals surface area contributed by atoms with Crippen LogP contribution in [0.25, 0.3) is 0 Å². The number of nitrogens with zero attached hydrogens (tertiary/aromatic N) is 1. The predicted molar refractivity (Wildman–Crippen MR) is 71.7 cm³/mol. The lowest BCUT2D eigenvalue weighted by atomic mass is 10.0. The number of benzene rings is 1. The maximum Gasteiger partial charge on any atom is 0.253 e. The van der Waals surface area contributed by atoms with E-state index in [1.165, 1.54) is 11.1 Å². The first-order valence-corrected chi connectivity index (χ1v) is 6.72. The van der Waals surface area contributed by atoms with Crippen LogP contribution in [-0.4, -0.2) is 37.0 Å².